The van der Waals surface area contributed by atoms with Gasteiger partial charge >= 0.3 is 0 Å². The third-order valence-corrected chi connectivity index (χ3v) is 6.04. The second kappa shape index (κ2) is 10.3. The van der Waals surface area contributed by atoms with Crippen molar-refractivity contribution < 1.29 is 9.47 Å². The molecule has 0 atom stereocenters. The van der Waals surface area contributed by atoms with Crippen molar-refractivity contribution in [1.82, 2.24) is 24.8 Å². The third-order valence-electron chi connectivity index (χ3n) is 6.04. The molecule has 1 N–H and O–H groups in total. The minimum absolute atomic E-state index is 0. The Morgan fingerprint density at radius 3 is 2.69 bits per heavy atom. The molecule has 0 radical (unpaired) electrons. The van der Waals surface area contributed by atoms with Crippen molar-refractivity contribution in [2.75, 3.05) is 32.8 Å². The Hall–Kier alpha value is -2.68. The zero-order valence-corrected chi connectivity index (χ0v) is 18.7. The Labute approximate surface area is 193 Å². The standard InChI is InChI=1S/C23H27N5O3.ClH/c29-23-4-3-19-20(2-1-7-24-19)28(23)11-10-27-8-5-17(6-9-27)25-15-18-14-21-22(16-26-18)31-13-12-30-21;/h1-4,7,14,16-17,25H,5-6,8-13,15H2;1H. The van der Waals surface area contributed by atoms with Gasteiger partial charge in [-0.15, -0.1) is 12.4 Å². The summed E-state index contributed by atoms with van der Waals surface area (Å²) in [7, 11) is 0. The van der Waals surface area contributed by atoms with E-state index in [4.69, 9.17) is 9.47 Å². The molecule has 5 rings (SSSR count). The first-order chi connectivity index (χ1) is 15.3. The van der Waals surface area contributed by atoms with Gasteiger partial charge in [-0.25, -0.2) is 0 Å². The van der Waals surface area contributed by atoms with Gasteiger partial charge < -0.3 is 24.3 Å². The van der Waals surface area contributed by atoms with E-state index in [2.05, 4.69) is 20.2 Å². The minimum atomic E-state index is 0. The summed E-state index contributed by atoms with van der Waals surface area (Å²) in [5, 5.41) is 3.62. The summed E-state index contributed by atoms with van der Waals surface area (Å²) >= 11 is 0. The number of nitrogens with one attached hydrogen (secondary N) is 1. The molecule has 1 fully saturated rings. The van der Waals surface area contributed by atoms with Crippen molar-refractivity contribution in [1.29, 1.82) is 0 Å². The number of ether oxygens (including phenoxy) is 2. The van der Waals surface area contributed by atoms with E-state index in [9.17, 15) is 4.79 Å². The van der Waals surface area contributed by atoms with Gasteiger partial charge in [0.1, 0.15) is 13.2 Å². The molecular weight excluding hydrogens is 430 g/mol. The number of pyridine rings is 3. The van der Waals surface area contributed by atoms with E-state index in [-0.39, 0.29) is 18.0 Å². The monoisotopic (exact) mass is 457 g/mol. The van der Waals surface area contributed by atoms with Crippen molar-refractivity contribution in [3.63, 3.8) is 0 Å². The van der Waals surface area contributed by atoms with Crippen LogP contribution in [-0.4, -0.2) is 58.3 Å². The summed E-state index contributed by atoms with van der Waals surface area (Å²) in [5.74, 6) is 1.51. The largest absolute Gasteiger partial charge is 0.486 e. The summed E-state index contributed by atoms with van der Waals surface area (Å²) in [6.45, 7) is 5.47. The van der Waals surface area contributed by atoms with E-state index >= 15 is 0 Å². The summed E-state index contributed by atoms with van der Waals surface area (Å²) in [4.78, 5) is 23.6. The minimum Gasteiger partial charge on any atom is -0.486 e. The number of nitrogens with zero attached hydrogens (tertiary/aromatic N) is 4. The second-order valence-electron chi connectivity index (χ2n) is 8.05. The Bertz CT molecular complexity index is 1110. The van der Waals surface area contributed by atoms with Crippen molar-refractivity contribution in [3.05, 3.63) is 58.8 Å². The van der Waals surface area contributed by atoms with E-state index in [1.54, 1.807) is 24.5 Å². The van der Waals surface area contributed by atoms with Gasteiger partial charge in [0, 0.05) is 44.0 Å². The molecule has 3 aromatic rings. The van der Waals surface area contributed by atoms with Gasteiger partial charge in [0.15, 0.2) is 11.5 Å². The number of fused-ring (bicyclic) bond motifs is 2. The van der Waals surface area contributed by atoms with Crippen LogP contribution in [0.4, 0.5) is 0 Å². The predicted molar refractivity (Wildman–Crippen MR) is 125 cm³/mol. The van der Waals surface area contributed by atoms with Crippen molar-refractivity contribution in [2.45, 2.75) is 32.0 Å². The van der Waals surface area contributed by atoms with Crippen molar-refractivity contribution in [3.8, 4) is 11.5 Å². The van der Waals surface area contributed by atoms with Crippen LogP contribution in [0.25, 0.3) is 11.0 Å². The van der Waals surface area contributed by atoms with Crippen LogP contribution in [0.3, 0.4) is 0 Å². The van der Waals surface area contributed by atoms with Gasteiger partial charge in [-0.3, -0.25) is 14.8 Å². The van der Waals surface area contributed by atoms with Gasteiger partial charge in [-0.2, -0.15) is 0 Å². The molecule has 32 heavy (non-hydrogen) atoms. The third kappa shape index (κ3) is 5.03. The summed E-state index contributed by atoms with van der Waals surface area (Å²) in [5.41, 5.74) is 2.76. The number of aromatic nitrogens is 3. The zero-order chi connectivity index (χ0) is 21.0. The molecule has 0 spiro atoms. The quantitative estimate of drug-likeness (QED) is 0.607. The number of halogens is 1. The average molecular weight is 458 g/mol. The normalized spacial score (nSPS) is 16.6. The summed E-state index contributed by atoms with van der Waals surface area (Å²) in [6.07, 6.45) is 5.67. The van der Waals surface area contributed by atoms with Gasteiger partial charge in [-0.05, 0) is 44.1 Å². The average Bonchev–Trinajstić information content (AvgIpc) is 2.82. The number of hydrogen-bond acceptors (Lipinski definition) is 7. The molecule has 2 aliphatic heterocycles. The first-order valence-corrected chi connectivity index (χ1v) is 10.9. The molecule has 1 saturated heterocycles. The number of rotatable bonds is 6. The molecule has 0 saturated carbocycles. The maximum absolute atomic E-state index is 12.4. The molecule has 5 heterocycles. The highest BCUT2D eigenvalue weighted by molar-refractivity contribution is 5.85. The van der Waals surface area contributed by atoms with Crippen LogP contribution in [0, 0.1) is 0 Å². The van der Waals surface area contributed by atoms with Crippen LogP contribution < -0.4 is 20.3 Å². The fourth-order valence-corrected chi connectivity index (χ4v) is 4.29. The lowest BCUT2D eigenvalue weighted by molar-refractivity contribution is 0.170. The molecule has 3 aromatic heterocycles. The molecule has 0 amide bonds. The molecule has 2 aliphatic rings. The van der Waals surface area contributed by atoms with Crippen molar-refractivity contribution >= 4 is 23.4 Å². The van der Waals surface area contributed by atoms with Gasteiger partial charge in [0.2, 0.25) is 0 Å². The second-order valence-corrected chi connectivity index (χ2v) is 8.05. The molecule has 0 unspecified atom stereocenters. The highest BCUT2D eigenvalue weighted by Crippen LogP contribution is 2.29. The van der Waals surface area contributed by atoms with E-state index < -0.39 is 0 Å². The first kappa shape index (κ1) is 22.5. The Balaban J connectivity index is 0.00000245. The fraction of sp³-hybridized carbons (Fsp3) is 0.435. The topological polar surface area (TPSA) is 81.5 Å². The van der Waals surface area contributed by atoms with Gasteiger partial charge in [0.05, 0.1) is 22.9 Å². The van der Waals surface area contributed by atoms with E-state index in [1.807, 2.05) is 22.8 Å². The van der Waals surface area contributed by atoms with Crippen LogP contribution >= 0.6 is 12.4 Å². The maximum atomic E-state index is 12.4. The Morgan fingerprint density at radius 1 is 1.03 bits per heavy atom. The van der Waals surface area contributed by atoms with E-state index in [0.29, 0.717) is 25.8 Å². The smallest absolute Gasteiger partial charge is 0.251 e. The lowest BCUT2D eigenvalue weighted by atomic mass is 10.0. The molecule has 0 bridgehead atoms. The van der Waals surface area contributed by atoms with Crippen LogP contribution in [0.2, 0.25) is 0 Å². The first-order valence-electron chi connectivity index (χ1n) is 10.9. The Morgan fingerprint density at radius 2 is 1.84 bits per heavy atom. The summed E-state index contributed by atoms with van der Waals surface area (Å²) < 4.78 is 13.0. The number of piperidine rings is 1. The zero-order valence-electron chi connectivity index (χ0n) is 17.9. The van der Waals surface area contributed by atoms with Gasteiger partial charge in [-0.1, -0.05) is 0 Å². The Kier molecular flexibility index (Phi) is 7.24. The van der Waals surface area contributed by atoms with E-state index in [1.165, 1.54) is 0 Å². The highest BCUT2D eigenvalue weighted by Gasteiger charge is 2.20. The maximum Gasteiger partial charge on any atom is 0.251 e. The fourth-order valence-electron chi connectivity index (χ4n) is 4.29. The lowest BCUT2D eigenvalue weighted by Gasteiger charge is -2.32. The molecule has 0 aliphatic carbocycles. The molecule has 170 valence electrons. The van der Waals surface area contributed by atoms with Crippen LogP contribution in [-0.2, 0) is 13.1 Å². The lowest BCUT2D eigenvalue weighted by Crippen LogP contribution is -2.43. The predicted octanol–water partition coefficient (Wildman–Crippen LogP) is 2.24. The molecule has 9 heteroatoms. The highest BCUT2D eigenvalue weighted by atomic mass is 35.5. The number of hydrogen-bond donors (Lipinski definition) is 1. The number of likely N-dealkylation sites (tertiary alicyclic amines) is 1. The molecule has 8 nitrogen and oxygen atoms in total. The molecule has 0 aromatic carbocycles. The van der Waals surface area contributed by atoms with Crippen molar-refractivity contribution in [2.24, 2.45) is 0 Å². The SMILES string of the molecule is Cl.O=c1ccc2ncccc2n1CCN1CCC(NCc2cc3c(cn2)OCCO3)CC1. The van der Waals surface area contributed by atoms with Crippen LogP contribution in [0.15, 0.2) is 47.5 Å². The van der Waals surface area contributed by atoms with Crippen LogP contribution in [0.5, 0.6) is 11.5 Å². The summed E-state index contributed by atoms with van der Waals surface area (Å²) in [6, 6.07) is 9.68. The van der Waals surface area contributed by atoms with E-state index in [0.717, 1.165) is 67.2 Å². The van der Waals surface area contributed by atoms with Crippen LogP contribution in [0.1, 0.15) is 18.5 Å². The van der Waals surface area contributed by atoms with Gasteiger partial charge in [0.25, 0.3) is 5.56 Å². The molecular formula is C23H28ClN5O3.